The number of carbonyl (C=O) groups excluding carboxylic acids is 1. The molecule has 1 unspecified atom stereocenters. The van der Waals surface area contributed by atoms with Crippen LogP contribution in [-0.4, -0.2) is 81.0 Å². The van der Waals surface area contributed by atoms with Crippen molar-refractivity contribution < 1.29 is 32.2 Å². The molecular formula is C25H30FN3O6S. The number of methoxy groups -OCH3 is 1. The molecule has 0 radical (unpaired) electrons. The van der Waals surface area contributed by atoms with Crippen LogP contribution in [-0.2, 0) is 10.0 Å². The van der Waals surface area contributed by atoms with Crippen molar-refractivity contribution >= 4 is 27.6 Å². The van der Waals surface area contributed by atoms with Crippen molar-refractivity contribution in [1.82, 2.24) is 9.21 Å². The fraction of sp³-hybridized carbons (Fsp3) is 0.440. The van der Waals surface area contributed by atoms with E-state index in [1.807, 2.05) is 11.8 Å². The van der Waals surface area contributed by atoms with Crippen molar-refractivity contribution in [2.24, 2.45) is 5.92 Å². The maximum atomic E-state index is 14.3. The monoisotopic (exact) mass is 519 g/mol. The predicted octanol–water partition coefficient (Wildman–Crippen LogP) is 2.92. The van der Waals surface area contributed by atoms with E-state index in [1.165, 1.54) is 16.3 Å². The van der Waals surface area contributed by atoms with Gasteiger partial charge in [-0.25, -0.2) is 17.6 Å². The summed E-state index contributed by atoms with van der Waals surface area (Å²) < 4.78 is 47.9. The molecule has 11 heteroatoms. The van der Waals surface area contributed by atoms with Crippen LogP contribution < -0.4 is 9.64 Å². The first-order valence-electron chi connectivity index (χ1n) is 11.9. The molecular weight excluding hydrogens is 489 g/mol. The number of amides is 1. The first-order valence-corrected chi connectivity index (χ1v) is 13.3. The van der Waals surface area contributed by atoms with Crippen molar-refractivity contribution in [2.45, 2.75) is 24.7 Å². The van der Waals surface area contributed by atoms with Gasteiger partial charge in [0.25, 0.3) is 5.91 Å². The number of rotatable bonds is 6. The normalized spacial score (nSPS) is 19.2. The Hall–Kier alpha value is -3.18. The highest BCUT2D eigenvalue weighted by atomic mass is 32.2. The number of sulfonamides is 1. The number of anilines is 1. The van der Waals surface area contributed by atoms with E-state index < -0.39 is 27.7 Å². The molecule has 194 valence electrons. The topological polar surface area (TPSA) is 107 Å². The Morgan fingerprint density at radius 2 is 1.78 bits per heavy atom. The van der Waals surface area contributed by atoms with Gasteiger partial charge in [0.2, 0.25) is 10.0 Å². The summed E-state index contributed by atoms with van der Waals surface area (Å²) in [7, 11) is -2.15. The van der Waals surface area contributed by atoms with Gasteiger partial charge in [0.1, 0.15) is 11.6 Å². The highest BCUT2D eigenvalue weighted by molar-refractivity contribution is 7.89. The van der Waals surface area contributed by atoms with E-state index >= 15 is 0 Å². The van der Waals surface area contributed by atoms with Crippen molar-refractivity contribution in [3.05, 3.63) is 53.3 Å². The number of carboxylic acids is 1. The zero-order valence-electron chi connectivity index (χ0n) is 20.3. The Labute approximate surface area is 210 Å². The predicted molar refractivity (Wildman–Crippen MR) is 132 cm³/mol. The number of benzene rings is 2. The van der Waals surface area contributed by atoms with E-state index in [0.717, 1.165) is 31.0 Å². The van der Waals surface area contributed by atoms with E-state index in [0.29, 0.717) is 43.5 Å². The van der Waals surface area contributed by atoms with Crippen molar-refractivity contribution in [3.63, 3.8) is 0 Å². The maximum Gasteiger partial charge on any atom is 0.335 e. The molecule has 0 aromatic heterocycles. The first-order chi connectivity index (χ1) is 17.1. The Morgan fingerprint density at radius 1 is 1.06 bits per heavy atom. The highest BCUT2D eigenvalue weighted by Crippen LogP contribution is 2.34. The number of hydrogen-bond donors (Lipinski definition) is 1. The third-order valence-electron chi connectivity index (χ3n) is 6.76. The number of piperidine rings is 1. The minimum Gasteiger partial charge on any atom is -0.495 e. The Balaban J connectivity index is 1.52. The second-order valence-corrected chi connectivity index (χ2v) is 11.2. The van der Waals surface area contributed by atoms with Crippen LogP contribution >= 0.6 is 0 Å². The van der Waals surface area contributed by atoms with Crippen LogP contribution in [0.4, 0.5) is 10.1 Å². The van der Waals surface area contributed by atoms with E-state index in [2.05, 4.69) is 0 Å². The number of nitrogens with zero attached hydrogens (tertiary/aromatic N) is 3. The molecule has 0 spiro atoms. The molecule has 1 N–H and O–H groups in total. The lowest BCUT2D eigenvalue weighted by Crippen LogP contribution is -2.49. The fourth-order valence-electron chi connectivity index (χ4n) is 4.73. The average Bonchev–Trinajstić information content (AvgIpc) is 2.88. The number of carboxylic acid groups (broad SMARTS) is 1. The maximum absolute atomic E-state index is 14.3. The lowest BCUT2D eigenvalue weighted by molar-refractivity contribution is 0.0696. The van der Waals surface area contributed by atoms with Crippen molar-refractivity contribution in [3.8, 4) is 5.75 Å². The summed E-state index contributed by atoms with van der Waals surface area (Å²) in [4.78, 5) is 27.7. The van der Waals surface area contributed by atoms with Gasteiger partial charge < -0.3 is 19.6 Å². The molecule has 4 rings (SSSR count). The number of ether oxygens (including phenoxy) is 1. The minimum atomic E-state index is -3.66. The number of carbonyl (C=O) groups is 2. The number of halogens is 1. The Kier molecular flexibility index (Phi) is 7.51. The minimum absolute atomic E-state index is 0.163. The standard InChI is InChI=1S/C25H30FN3O6S/c1-17-4-3-9-29(16-17)36(33,34)19-6-8-23(35-2)22(15-19)27-10-12-28(13-11-27)24(30)20-14-18(25(31)32)5-7-21(20)26/h5-8,14-15,17H,3-4,9-13,16H2,1-2H3,(H,31,32). The smallest absolute Gasteiger partial charge is 0.335 e. The molecule has 2 aromatic rings. The van der Waals surface area contributed by atoms with Crippen LogP contribution in [0, 0.1) is 11.7 Å². The van der Waals surface area contributed by atoms with Crippen LogP contribution in [0.3, 0.4) is 0 Å². The fourth-order valence-corrected chi connectivity index (χ4v) is 6.35. The van der Waals surface area contributed by atoms with Crippen LogP contribution in [0.15, 0.2) is 41.3 Å². The lowest BCUT2D eigenvalue weighted by atomic mass is 10.0. The van der Waals surface area contributed by atoms with Crippen molar-refractivity contribution in [2.75, 3.05) is 51.3 Å². The highest BCUT2D eigenvalue weighted by Gasteiger charge is 2.31. The summed E-state index contributed by atoms with van der Waals surface area (Å²) in [5.74, 6) is -1.79. The van der Waals surface area contributed by atoms with E-state index in [9.17, 15) is 22.4 Å². The molecule has 2 fully saturated rings. The number of aromatic carboxylic acids is 1. The number of piperazine rings is 1. The van der Waals surface area contributed by atoms with Crippen LogP contribution in [0.5, 0.6) is 5.75 Å². The zero-order chi connectivity index (χ0) is 26.0. The molecule has 9 nitrogen and oxygen atoms in total. The van der Waals surface area contributed by atoms with Gasteiger partial charge in [-0.3, -0.25) is 4.79 Å². The quantitative estimate of drug-likeness (QED) is 0.625. The molecule has 0 aliphatic carbocycles. The summed E-state index contributed by atoms with van der Waals surface area (Å²) in [6, 6.07) is 7.94. The molecule has 2 saturated heterocycles. The Morgan fingerprint density at radius 3 is 2.42 bits per heavy atom. The zero-order valence-corrected chi connectivity index (χ0v) is 21.1. The summed E-state index contributed by atoms with van der Waals surface area (Å²) in [5.41, 5.74) is 0.156. The number of hydrogen-bond acceptors (Lipinski definition) is 6. The molecule has 2 aliphatic heterocycles. The van der Waals surface area contributed by atoms with E-state index in [4.69, 9.17) is 9.84 Å². The lowest BCUT2D eigenvalue weighted by Gasteiger charge is -2.37. The molecule has 0 saturated carbocycles. The molecule has 2 heterocycles. The van der Waals surface area contributed by atoms with Gasteiger partial charge in [0.05, 0.1) is 28.8 Å². The molecule has 36 heavy (non-hydrogen) atoms. The van der Waals surface area contributed by atoms with Crippen LogP contribution in [0.25, 0.3) is 0 Å². The second-order valence-electron chi connectivity index (χ2n) is 9.22. The van der Waals surface area contributed by atoms with Gasteiger partial charge >= 0.3 is 5.97 Å². The van der Waals surface area contributed by atoms with E-state index in [1.54, 1.807) is 18.2 Å². The summed E-state index contributed by atoms with van der Waals surface area (Å²) in [5, 5.41) is 9.17. The van der Waals surface area contributed by atoms with Crippen molar-refractivity contribution in [1.29, 1.82) is 0 Å². The summed E-state index contributed by atoms with van der Waals surface area (Å²) in [6.07, 6.45) is 1.84. The van der Waals surface area contributed by atoms with E-state index in [-0.39, 0.29) is 29.1 Å². The SMILES string of the molecule is COc1ccc(S(=O)(=O)N2CCCC(C)C2)cc1N1CCN(C(=O)c2cc(C(=O)O)ccc2F)CC1. The van der Waals surface area contributed by atoms with Crippen LogP contribution in [0.1, 0.15) is 40.5 Å². The molecule has 1 amide bonds. The largest absolute Gasteiger partial charge is 0.495 e. The molecule has 0 bridgehead atoms. The molecule has 1 atom stereocenters. The van der Waals surface area contributed by atoms with Gasteiger partial charge in [-0.15, -0.1) is 0 Å². The van der Waals surface area contributed by atoms with Gasteiger partial charge in [-0.05, 0) is 55.2 Å². The summed E-state index contributed by atoms with van der Waals surface area (Å²) >= 11 is 0. The third kappa shape index (κ3) is 5.17. The summed E-state index contributed by atoms with van der Waals surface area (Å²) in [6.45, 7) is 4.27. The van der Waals surface area contributed by atoms with Gasteiger partial charge in [-0.1, -0.05) is 6.92 Å². The van der Waals surface area contributed by atoms with Crippen LogP contribution in [0.2, 0.25) is 0 Å². The van der Waals surface area contributed by atoms with Gasteiger partial charge in [-0.2, -0.15) is 4.31 Å². The third-order valence-corrected chi connectivity index (χ3v) is 8.62. The Bertz CT molecular complexity index is 1260. The first kappa shape index (κ1) is 25.9. The molecule has 2 aromatic carbocycles. The molecule has 2 aliphatic rings. The second kappa shape index (κ2) is 10.4. The average molecular weight is 520 g/mol. The van der Waals surface area contributed by atoms with Gasteiger partial charge in [0.15, 0.2) is 0 Å². The van der Waals surface area contributed by atoms with Gasteiger partial charge in [0, 0.05) is 39.3 Å².